The topological polar surface area (TPSA) is 26.3 Å². The van der Waals surface area contributed by atoms with Crippen LogP contribution in [0.1, 0.15) is 43.0 Å². The lowest BCUT2D eigenvalue weighted by molar-refractivity contribution is 0.0979. The lowest BCUT2D eigenvalue weighted by Gasteiger charge is -2.05. The van der Waals surface area contributed by atoms with E-state index in [4.69, 9.17) is 4.74 Å². The first kappa shape index (κ1) is 12.7. The van der Waals surface area contributed by atoms with E-state index in [0.717, 1.165) is 19.3 Å². The highest BCUT2D eigenvalue weighted by Gasteiger charge is 2.09. The number of hydrogen-bond acceptors (Lipinski definition) is 2. The molecule has 88 valence electrons. The maximum atomic E-state index is 13.1. The van der Waals surface area contributed by atoms with Crippen molar-refractivity contribution in [3.05, 3.63) is 29.6 Å². The van der Waals surface area contributed by atoms with Crippen molar-refractivity contribution < 1.29 is 13.9 Å². The lowest BCUT2D eigenvalue weighted by atomic mass is 10.0. The summed E-state index contributed by atoms with van der Waals surface area (Å²) in [6.45, 7) is 2.09. The fraction of sp³-hybridized carbons (Fsp3) is 0.462. The lowest BCUT2D eigenvalue weighted by Crippen LogP contribution is -2.00. The van der Waals surface area contributed by atoms with Crippen molar-refractivity contribution in [1.82, 2.24) is 0 Å². The minimum atomic E-state index is -0.437. The molecule has 1 rings (SSSR count). The Hall–Kier alpha value is -1.38. The van der Waals surface area contributed by atoms with Gasteiger partial charge in [-0.15, -0.1) is 0 Å². The van der Waals surface area contributed by atoms with Crippen LogP contribution in [0.5, 0.6) is 5.75 Å². The van der Waals surface area contributed by atoms with Gasteiger partial charge in [-0.3, -0.25) is 4.79 Å². The van der Waals surface area contributed by atoms with E-state index in [0.29, 0.717) is 12.0 Å². The van der Waals surface area contributed by atoms with Gasteiger partial charge in [-0.05, 0) is 24.6 Å². The quantitative estimate of drug-likeness (QED) is 0.545. The van der Waals surface area contributed by atoms with E-state index in [1.54, 1.807) is 0 Å². The van der Waals surface area contributed by atoms with E-state index in [9.17, 15) is 9.18 Å². The Kier molecular flexibility index (Phi) is 4.96. The summed E-state index contributed by atoms with van der Waals surface area (Å²) < 4.78 is 17.9. The molecule has 0 fully saturated rings. The van der Waals surface area contributed by atoms with Crippen LogP contribution in [-0.2, 0) is 0 Å². The molecule has 0 heterocycles. The Balaban J connectivity index is 2.68. The van der Waals surface area contributed by atoms with Crippen LogP contribution in [0.25, 0.3) is 0 Å². The largest absolute Gasteiger partial charge is 0.494 e. The molecule has 0 unspecified atom stereocenters. The van der Waals surface area contributed by atoms with E-state index in [1.807, 2.05) is 0 Å². The minimum absolute atomic E-state index is 0.0479. The van der Waals surface area contributed by atoms with Gasteiger partial charge in [0.05, 0.1) is 7.11 Å². The molecular weight excluding hydrogens is 207 g/mol. The third-order valence-corrected chi connectivity index (χ3v) is 2.48. The first-order valence-corrected chi connectivity index (χ1v) is 5.55. The van der Waals surface area contributed by atoms with Crippen LogP contribution in [0.3, 0.4) is 0 Å². The number of Topliss-reactive ketones (excluding diaryl/α,β-unsaturated/α-hetero) is 1. The van der Waals surface area contributed by atoms with E-state index in [2.05, 4.69) is 6.92 Å². The third-order valence-electron chi connectivity index (χ3n) is 2.48. The normalized spacial score (nSPS) is 10.2. The molecule has 0 saturated heterocycles. The summed E-state index contributed by atoms with van der Waals surface area (Å²) in [6.07, 6.45) is 3.53. The summed E-state index contributed by atoms with van der Waals surface area (Å²) in [5, 5.41) is 0. The van der Waals surface area contributed by atoms with Crippen LogP contribution in [-0.4, -0.2) is 12.9 Å². The molecule has 0 aliphatic rings. The molecule has 0 N–H and O–H groups in total. The van der Waals surface area contributed by atoms with Gasteiger partial charge in [0.1, 0.15) is 0 Å². The third kappa shape index (κ3) is 3.33. The molecule has 0 radical (unpaired) electrons. The Morgan fingerprint density at radius 1 is 1.38 bits per heavy atom. The second kappa shape index (κ2) is 6.26. The van der Waals surface area contributed by atoms with Gasteiger partial charge in [-0.25, -0.2) is 4.39 Å². The number of ether oxygens (including phenoxy) is 1. The predicted molar refractivity (Wildman–Crippen MR) is 61.4 cm³/mol. The average Bonchev–Trinajstić information content (AvgIpc) is 2.30. The van der Waals surface area contributed by atoms with Crippen molar-refractivity contribution in [3.8, 4) is 5.75 Å². The minimum Gasteiger partial charge on any atom is -0.494 e. The molecule has 0 bridgehead atoms. The van der Waals surface area contributed by atoms with E-state index in [1.165, 1.54) is 25.3 Å². The molecule has 2 nitrogen and oxygen atoms in total. The number of unbranched alkanes of at least 4 members (excludes halogenated alkanes) is 2. The van der Waals surface area contributed by atoms with Crippen LogP contribution >= 0.6 is 0 Å². The standard InChI is InChI=1S/C13H17FO2/c1-3-4-5-6-12(15)10-7-8-11(14)13(9-10)16-2/h7-9H,3-6H2,1-2H3. The summed E-state index contributed by atoms with van der Waals surface area (Å²) in [7, 11) is 1.39. The Morgan fingerprint density at radius 2 is 2.12 bits per heavy atom. The number of carbonyl (C=O) groups excluding carboxylic acids is 1. The van der Waals surface area contributed by atoms with Crippen molar-refractivity contribution in [1.29, 1.82) is 0 Å². The van der Waals surface area contributed by atoms with Crippen molar-refractivity contribution in [2.24, 2.45) is 0 Å². The van der Waals surface area contributed by atoms with Gasteiger partial charge < -0.3 is 4.74 Å². The number of benzene rings is 1. The molecular formula is C13H17FO2. The molecule has 0 aliphatic carbocycles. The Morgan fingerprint density at radius 3 is 2.75 bits per heavy atom. The summed E-state index contributed by atoms with van der Waals surface area (Å²) >= 11 is 0. The molecule has 1 aromatic carbocycles. The van der Waals surface area contributed by atoms with Gasteiger partial charge in [0.2, 0.25) is 0 Å². The summed E-state index contributed by atoms with van der Waals surface area (Å²) in [4.78, 5) is 11.7. The zero-order valence-electron chi connectivity index (χ0n) is 9.75. The van der Waals surface area contributed by atoms with Crippen LogP contribution in [0, 0.1) is 5.82 Å². The number of halogens is 1. The monoisotopic (exact) mass is 224 g/mol. The molecule has 3 heteroatoms. The molecule has 0 amide bonds. The molecule has 1 aromatic rings. The summed E-state index contributed by atoms with van der Waals surface area (Å²) in [5.41, 5.74) is 0.523. The highest BCUT2D eigenvalue weighted by Crippen LogP contribution is 2.19. The number of carbonyl (C=O) groups is 1. The molecule has 0 atom stereocenters. The maximum absolute atomic E-state index is 13.1. The van der Waals surface area contributed by atoms with Gasteiger partial charge >= 0.3 is 0 Å². The molecule has 0 saturated carbocycles. The molecule has 0 spiro atoms. The fourth-order valence-electron chi connectivity index (χ4n) is 1.51. The van der Waals surface area contributed by atoms with Crippen molar-refractivity contribution >= 4 is 5.78 Å². The maximum Gasteiger partial charge on any atom is 0.165 e. The zero-order chi connectivity index (χ0) is 12.0. The van der Waals surface area contributed by atoms with Gasteiger partial charge in [0.15, 0.2) is 17.3 Å². The number of ketones is 1. The van der Waals surface area contributed by atoms with Crippen LogP contribution in [0.4, 0.5) is 4.39 Å². The molecule has 16 heavy (non-hydrogen) atoms. The first-order valence-electron chi connectivity index (χ1n) is 5.55. The number of hydrogen-bond donors (Lipinski definition) is 0. The van der Waals surface area contributed by atoms with Crippen molar-refractivity contribution in [2.45, 2.75) is 32.6 Å². The predicted octanol–water partition coefficient (Wildman–Crippen LogP) is 3.60. The Labute approximate surface area is 95.4 Å². The van der Waals surface area contributed by atoms with Crippen LogP contribution in [0.15, 0.2) is 18.2 Å². The second-order valence-corrected chi connectivity index (χ2v) is 3.73. The van der Waals surface area contributed by atoms with Crippen molar-refractivity contribution in [2.75, 3.05) is 7.11 Å². The SMILES string of the molecule is CCCCCC(=O)c1ccc(F)c(OC)c1. The summed E-state index contributed by atoms with van der Waals surface area (Å²) in [6, 6.07) is 4.24. The molecule has 0 aromatic heterocycles. The fourth-order valence-corrected chi connectivity index (χ4v) is 1.51. The smallest absolute Gasteiger partial charge is 0.165 e. The first-order chi connectivity index (χ1) is 7.69. The highest BCUT2D eigenvalue weighted by atomic mass is 19.1. The van der Waals surface area contributed by atoms with Crippen LogP contribution < -0.4 is 4.74 Å². The van der Waals surface area contributed by atoms with Crippen LogP contribution in [0.2, 0.25) is 0 Å². The van der Waals surface area contributed by atoms with Crippen molar-refractivity contribution in [3.63, 3.8) is 0 Å². The van der Waals surface area contributed by atoms with E-state index < -0.39 is 5.82 Å². The van der Waals surface area contributed by atoms with Gasteiger partial charge in [-0.2, -0.15) is 0 Å². The molecule has 0 aliphatic heterocycles. The van der Waals surface area contributed by atoms with Gasteiger partial charge in [0.25, 0.3) is 0 Å². The van der Waals surface area contributed by atoms with E-state index in [-0.39, 0.29) is 11.5 Å². The van der Waals surface area contributed by atoms with Gasteiger partial charge in [-0.1, -0.05) is 19.8 Å². The second-order valence-electron chi connectivity index (χ2n) is 3.73. The summed E-state index contributed by atoms with van der Waals surface area (Å²) in [5.74, 6) is -0.263. The number of rotatable bonds is 6. The van der Waals surface area contributed by atoms with Gasteiger partial charge in [0, 0.05) is 12.0 Å². The van der Waals surface area contributed by atoms with E-state index >= 15 is 0 Å². The average molecular weight is 224 g/mol. The zero-order valence-corrected chi connectivity index (χ0v) is 9.75. The number of methoxy groups -OCH3 is 1. The highest BCUT2D eigenvalue weighted by molar-refractivity contribution is 5.96. The Bertz CT molecular complexity index is 361.